The minimum absolute atomic E-state index is 0.00886. The SMILES string of the molecule is COC(=O)C1=C(COCc2cn(CCOCCOCCNC(=O)[C@H](CCCCNC(=O)CCCC[C@@H]3SC[C@@H]4NC(=O)N[C@@H]43)NC(=O)CCC3(C)NN3)nn2)NC(c2ccncc2)=NC1c1ccc(F)cc1Cl. The van der Waals surface area contributed by atoms with Crippen LogP contribution in [0.15, 0.2) is 65.2 Å². The molecule has 5 amide bonds. The number of nitrogens with zero attached hydrogens (tertiary/aromatic N) is 5. The van der Waals surface area contributed by atoms with Gasteiger partial charge >= 0.3 is 12.0 Å². The van der Waals surface area contributed by atoms with Gasteiger partial charge in [-0.25, -0.2) is 29.5 Å². The van der Waals surface area contributed by atoms with E-state index in [1.165, 1.54) is 19.2 Å². The number of carbonyl (C=O) groups excluding carboxylic acids is 5. The largest absolute Gasteiger partial charge is 0.466 e. The molecule has 3 aromatic rings. The lowest BCUT2D eigenvalue weighted by Gasteiger charge is -2.28. The van der Waals surface area contributed by atoms with Crippen molar-refractivity contribution >= 4 is 58.9 Å². The van der Waals surface area contributed by atoms with E-state index >= 15 is 0 Å². The van der Waals surface area contributed by atoms with Crippen molar-refractivity contribution < 1.29 is 47.3 Å². The molecular formula is C48H65ClFN13O9S. The molecule has 0 radical (unpaired) electrons. The third kappa shape index (κ3) is 16.9. The van der Waals surface area contributed by atoms with E-state index in [2.05, 4.69) is 58.0 Å². The Hall–Kier alpha value is -5.76. The van der Waals surface area contributed by atoms with Crippen molar-refractivity contribution in [3.8, 4) is 0 Å². The van der Waals surface area contributed by atoms with E-state index < -0.39 is 23.9 Å². The lowest BCUT2D eigenvalue weighted by Crippen LogP contribution is -2.47. The second-order valence-corrected chi connectivity index (χ2v) is 19.9. The second-order valence-electron chi connectivity index (χ2n) is 18.2. The number of aromatic nitrogens is 4. The highest BCUT2D eigenvalue weighted by Gasteiger charge is 2.42. The molecule has 3 saturated heterocycles. The van der Waals surface area contributed by atoms with Crippen LogP contribution in [-0.4, -0.2) is 144 Å². The summed E-state index contributed by atoms with van der Waals surface area (Å²) in [6, 6.07) is 6.02. The van der Waals surface area contributed by atoms with Crippen LogP contribution in [0, 0.1) is 5.82 Å². The van der Waals surface area contributed by atoms with Gasteiger partial charge in [-0.05, 0) is 69.7 Å². The summed E-state index contributed by atoms with van der Waals surface area (Å²) in [4.78, 5) is 72.2. The van der Waals surface area contributed by atoms with Crippen molar-refractivity contribution in [1.82, 2.24) is 62.7 Å². The Morgan fingerprint density at radius 2 is 1.75 bits per heavy atom. The predicted molar refractivity (Wildman–Crippen MR) is 268 cm³/mol. The minimum Gasteiger partial charge on any atom is -0.466 e. The van der Waals surface area contributed by atoms with E-state index in [9.17, 15) is 28.4 Å². The highest BCUT2D eigenvalue weighted by Crippen LogP contribution is 2.37. The van der Waals surface area contributed by atoms with E-state index in [4.69, 9.17) is 35.5 Å². The van der Waals surface area contributed by atoms with E-state index in [-0.39, 0.29) is 91.5 Å². The van der Waals surface area contributed by atoms with E-state index in [0.717, 1.165) is 31.1 Å². The fraction of sp³-hybridized carbons (Fsp3) is 0.562. The number of unbranched alkanes of at least 4 members (excludes halogenated alkanes) is 2. The fourth-order valence-corrected chi connectivity index (χ4v) is 10.3. The summed E-state index contributed by atoms with van der Waals surface area (Å²) < 4.78 is 38.2. The third-order valence-electron chi connectivity index (χ3n) is 12.6. The number of carbonyl (C=O) groups is 5. The molecule has 73 heavy (non-hydrogen) atoms. The van der Waals surface area contributed by atoms with E-state index in [0.29, 0.717) is 92.0 Å². The number of fused-ring (bicyclic) bond motifs is 1. The van der Waals surface area contributed by atoms with Gasteiger partial charge in [0, 0.05) is 65.5 Å². The molecule has 3 fully saturated rings. The molecule has 2 aromatic heterocycles. The highest BCUT2D eigenvalue weighted by atomic mass is 35.5. The number of hydrazine groups is 1. The van der Waals surface area contributed by atoms with Crippen molar-refractivity contribution in [2.24, 2.45) is 4.99 Å². The molecule has 1 aromatic carbocycles. The quantitative estimate of drug-likeness (QED) is 0.0199. The Bertz CT molecular complexity index is 2430. The molecule has 0 bridgehead atoms. The zero-order chi connectivity index (χ0) is 51.6. The van der Waals surface area contributed by atoms with Crippen LogP contribution in [-0.2, 0) is 51.3 Å². The first-order chi connectivity index (χ1) is 35.4. The lowest BCUT2D eigenvalue weighted by molar-refractivity contribution is -0.136. The molecule has 0 spiro atoms. The lowest BCUT2D eigenvalue weighted by atomic mass is 9.95. The number of pyridine rings is 1. The summed E-state index contributed by atoms with van der Waals surface area (Å²) in [5.74, 6) is -0.375. The monoisotopic (exact) mass is 1050 g/mol. The van der Waals surface area contributed by atoms with Crippen LogP contribution in [0.25, 0.3) is 0 Å². The number of halogens is 2. The Morgan fingerprint density at radius 3 is 2.53 bits per heavy atom. The molecule has 5 atom stereocenters. The first-order valence-corrected chi connectivity index (χ1v) is 26.0. The standard InChI is InChI=1S/C48H65ClFN13O9S/c1-48(60-61-48)15-12-40(65)54-35(7-5-6-16-52-39(64)9-4-3-8-38-43-37(29-73-38)56-47(68)58-43)45(66)53-19-21-70-23-24-71-22-20-63-26-32(59-62-63)27-72-28-36-41(46(67)69-2)42(33-11-10-31(50)25-34(33)49)57-44(55-36)30-13-17-51-18-14-30/h10-11,13-14,17-18,25-26,35,37-38,42-43,60-61H,3-9,12,15-16,19-24,27-29H2,1-2H3,(H,52,64)(H,53,66)(H,54,65)(H,55,57)(H2,56,58,68)/t35-,37-,38-,42?,43-/m0/s1. The van der Waals surface area contributed by atoms with Gasteiger partial charge in [0.2, 0.25) is 17.7 Å². The highest BCUT2D eigenvalue weighted by molar-refractivity contribution is 8.00. The number of hydrogen-bond donors (Lipinski definition) is 8. The molecule has 1 unspecified atom stereocenters. The first kappa shape index (κ1) is 55.0. The van der Waals surface area contributed by atoms with Crippen molar-refractivity contribution in [2.75, 3.05) is 59.0 Å². The van der Waals surface area contributed by atoms with Crippen LogP contribution < -0.4 is 42.8 Å². The summed E-state index contributed by atoms with van der Waals surface area (Å²) in [5, 5.41) is 26.7. The van der Waals surface area contributed by atoms with E-state index in [1.54, 1.807) is 35.4 Å². The van der Waals surface area contributed by atoms with Gasteiger partial charge in [0.1, 0.15) is 29.4 Å². The zero-order valence-electron chi connectivity index (χ0n) is 41.0. The Labute approximate surface area is 432 Å². The maximum absolute atomic E-state index is 14.0. The molecule has 7 rings (SSSR count). The van der Waals surface area contributed by atoms with Gasteiger partial charge in [0.05, 0.1) is 88.5 Å². The molecular weight excluding hydrogens is 989 g/mol. The smallest absolute Gasteiger partial charge is 0.338 e. The number of rotatable bonds is 31. The normalized spacial score (nSPS) is 20.0. The second kappa shape index (κ2) is 27.5. The molecule has 4 aliphatic heterocycles. The number of hydrogen-bond acceptors (Lipinski definition) is 17. The van der Waals surface area contributed by atoms with Crippen molar-refractivity contribution in [2.45, 2.75) is 113 Å². The number of ether oxygens (including phenoxy) is 4. The zero-order valence-corrected chi connectivity index (χ0v) is 42.6. The van der Waals surface area contributed by atoms with Gasteiger partial charge in [0.25, 0.3) is 0 Å². The number of amidine groups is 1. The molecule has 22 nitrogen and oxygen atoms in total. The molecule has 6 heterocycles. The number of esters is 1. The number of methoxy groups -OCH3 is 1. The van der Waals surface area contributed by atoms with Crippen molar-refractivity contribution in [1.29, 1.82) is 0 Å². The van der Waals surface area contributed by atoms with Gasteiger partial charge in [-0.3, -0.25) is 24.4 Å². The third-order valence-corrected chi connectivity index (χ3v) is 14.4. The Kier molecular flexibility index (Phi) is 20.7. The fourth-order valence-electron chi connectivity index (χ4n) is 8.48. The number of aliphatic imine (C=N–C) groups is 1. The Balaban J connectivity index is 0.766. The van der Waals surface area contributed by atoms with Crippen LogP contribution in [0.3, 0.4) is 0 Å². The number of benzene rings is 1. The van der Waals surface area contributed by atoms with Crippen LogP contribution in [0.4, 0.5) is 9.18 Å². The average Bonchev–Trinajstić information content (AvgIpc) is 3.60. The van der Waals surface area contributed by atoms with Gasteiger partial charge in [-0.2, -0.15) is 11.8 Å². The minimum atomic E-state index is -0.924. The number of urea groups is 1. The molecule has 25 heteroatoms. The molecule has 0 saturated carbocycles. The van der Waals surface area contributed by atoms with Crippen LogP contribution in [0.5, 0.6) is 0 Å². The Morgan fingerprint density at radius 1 is 0.945 bits per heavy atom. The number of nitrogens with one attached hydrogen (secondary N) is 8. The summed E-state index contributed by atoms with van der Waals surface area (Å²) in [5.41, 5.74) is 7.92. The van der Waals surface area contributed by atoms with Gasteiger partial charge in [-0.1, -0.05) is 29.3 Å². The maximum atomic E-state index is 14.0. The summed E-state index contributed by atoms with van der Waals surface area (Å²) in [6.45, 7) is 4.22. The van der Waals surface area contributed by atoms with Crippen molar-refractivity contribution in [3.05, 3.63) is 87.9 Å². The molecule has 0 aliphatic carbocycles. The number of thioether (sulfide) groups is 1. The van der Waals surface area contributed by atoms with E-state index in [1.807, 2.05) is 18.7 Å². The first-order valence-electron chi connectivity index (χ1n) is 24.6. The number of amides is 5. The molecule has 4 aliphatic rings. The topological polar surface area (TPSA) is 294 Å². The summed E-state index contributed by atoms with van der Waals surface area (Å²) in [6.07, 6.45) is 10.5. The van der Waals surface area contributed by atoms with Gasteiger partial charge in [0.15, 0.2) is 0 Å². The average molecular weight is 1050 g/mol. The predicted octanol–water partition coefficient (Wildman–Crippen LogP) is 2.45. The summed E-state index contributed by atoms with van der Waals surface area (Å²) >= 11 is 8.33. The van der Waals surface area contributed by atoms with Crippen molar-refractivity contribution in [3.63, 3.8) is 0 Å². The van der Waals surface area contributed by atoms with Crippen LogP contribution in [0.1, 0.15) is 87.6 Å². The van der Waals surface area contributed by atoms with Gasteiger partial charge < -0.3 is 50.8 Å². The van der Waals surface area contributed by atoms with Gasteiger partial charge in [-0.15, -0.1) is 5.10 Å². The summed E-state index contributed by atoms with van der Waals surface area (Å²) in [7, 11) is 1.26. The maximum Gasteiger partial charge on any atom is 0.338 e. The molecule has 396 valence electrons. The van der Waals surface area contributed by atoms with Crippen LogP contribution >= 0.6 is 23.4 Å². The molecule has 8 N–H and O–H groups in total. The van der Waals surface area contributed by atoms with Crippen LogP contribution in [0.2, 0.25) is 5.02 Å².